The van der Waals surface area contributed by atoms with Crippen molar-refractivity contribution >= 4 is 23.2 Å². The lowest BCUT2D eigenvalue weighted by Gasteiger charge is -2.27. The van der Waals surface area contributed by atoms with E-state index in [1.165, 1.54) is 17.8 Å². The zero-order valence-corrected chi connectivity index (χ0v) is 16.3. The second-order valence-corrected chi connectivity index (χ2v) is 8.12. The third-order valence-corrected chi connectivity index (χ3v) is 6.26. The summed E-state index contributed by atoms with van der Waals surface area (Å²) in [6, 6.07) is 1.89. The Morgan fingerprint density at radius 2 is 2.22 bits per heavy atom. The van der Waals surface area contributed by atoms with Gasteiger partial charge in [-0.05, 0) is 30.7 Å². The van der Waals surface area contributed by atoms with Gasteiger partial charge in [0.1, 0.15) is 0 Å². The van der Waals surface area contributed by atoms with E-state index in [4.69, 9.17) is 4.52 Å². The van der Waals surface area contributed by atoms with Crippen molar-refractivity contribution in [3.05, 3.63) is 34.1 Å². The SMILES string of the molecule is CC(=O)N(CCc1noc(C2CCC2)n1)C1CCN(C(=O)c2ccsc2)C1. The summed E-state index contributed by atoms with van der Waals surface area (Å²) in [6.45, 7) is 3.38. The number of hydrogen-bond acceptors (Lipinski definition) is 6. The Balaban J connectivity index is 1.34. The van der Waals surface area contributed by atoms with Gasteiger partial charge in [-0.1, -0.05) is 11.6 Å². The van der Waals surface area contributed by atoms with Crippen molar-refractivity contribution in [2.45, 2.75) is 51.0 Å². The van der Waals surface area contributed by atoms with Gasteiger partial charge in [0.25, 0.3) is 5.91 Å². The number of rotatable bonds is 6. The zero-order valence-electron chi connectivity index (χ0n) is 15.5. The zero-order chi connectivity index (χ0) is 18.8. The Kier molecular flexibility index (Phi) is 5.24. The van der Waals surface area contributed by atoms with E-state index in [0.717, 1.165) is 30.7 Å². The normalized spacial score (nSPS) is 19.9. The lowest BCUT2D eigenvalue weighted by Crippen LogP contribution is -2.42. The fourth-order valence-corrected chi connectivity index (χ4v) is 4.39. The average molecular weight is 388 g/mol. The monoisotopic (exact) mass is 388 g/mol. The molecule has 27 heavy (non-hydrogen) atoms. The van der Waals surface area contributed by atoms with Gasteiger partial charge in [-0.25, -0.2) is 0 Å². The lowest BCUT2D eigenvalue weighted by molar-refractivity contribution is -0.130. The van der Waals surface area contributed by atoms with E-state index >= 15 is 0 Å². The number of amides is 2. The van der Waals surface area contributed by atoms with E-state index < -0.39 is 0 Å². The van der Waals surface area contributed by atoms with Crippen LogP contribution in [0.3, 0.4) is 0 Å². The fourth-order valence-electron chi connectivity index (χ4n) is 3.76. The minimum Gasteiger partial charge on any atom is -0.339 e. The van der Waals surface area contributed by atoms with Crippen LogP contribution in [0.4, 0.5) is 0 Å². The first-order valence-electron chi connectivity index (χ1n) is 9.53. The van der Waals surface area contributed by atoms with Crippen molar-refractivity contribution in [1.82, 2.24) is 19.9 Å². The summed E-state index contributed by atoms with van der Waals surface area (Å²) in [5, 5.41) is 7.84. The summed E-state index contributed by atoms with van der Waals surface area (Å²) in [5.41, 5.74) is 0.727. The molecule has 1 aliphatic carbocycles. The third kappa shape index (κ3) is 3.90. The molecule has 1 saturated heterocycles. The maximum Gasteiger partial charge on any atom is 0.254 e. The first-order chi connectivity index (χ1) is 13.1. The van der Waals surface area contributed by atoms with Crippen molar-refractivity contribution in [1.29, 1.82) is 0 Å². The first-order valence-corrected chi connectivity index (χ1v) is 10.5. The summed E-state index contributed by atoms with van der Waals surface area (Å²) >= 11 is 1.52. The number of hydrogen-bond donors (Lipinski definition) is 0. The molecule has 1 atom stereocenters. The Hall–Kier alpha value is -2.22. The maximum absolute atomic E-state index is 12.5. The molecular formula is C19H24N4O3S. The molecule has 2 aromatic heterocycles. The van der Waals surface area contributed by atoms with Gasteiger partial charge < -0.3 is 14.3 Å². The molecule has 3 heterocycles. The standard InChI is InChI=1S/C19H24N4O3S/c1-13(24)23(9-6-17-20-18(26-21-17)14-3-2-4-14)16-5-8-22(11-16)19(25)15-7-10-27-12-15/h7,10,12,14,16H,2-6,8-9,11H2,1H3. The number of carbonyl (C=O) groups is 2. The summed E-state index contributed by atoms with van der Waals surface area (Å²) in [6.07, 6.45) is 4.84. The summed E-state index contributed by atoms with van der Waals surface area (Å²) in [4.78, 5) is 32.9. The summed E-state index contributed by atoms with van der Waals surface area (Å²) in [7, 11) is 0. The highest BCUT2D eigenvalue weighted by Crippen LogP contribution is 2.35. The molecule has 0 spiro atoms. The Morgan fingerprint density at radius 1 is 1.37 bits per heavy atom. The Labute approximate surface area is 162 Å². The Bertz CT molecular complexity index is 800. The smallest absolute Gasteiger partial charge is 0.254 e. The van der Waals surface area contributed by atoms with Crippen LogP contribution < -0.4 is 0 Å². The van der Waals surface area contributed by atoms with Crippen LogP contribution in [0.25, 0.3) is 0 Å². The largest absolute Gasteiger partial charge is 0.339 e. The topological polar surface area (TPSA) is 79.5 Å². The number of carbonyl (C=O) groups excluding carboxylic acids is 2. The molecule has 2 aromatic rings. The van der Waals surface area contributed by atoms with E-state index in [9.17, 15) is 9.59 Å². The van der Waals surface area contributed by atoms with Gasteiger partial charge in [-0.3, -0.25) is 9.59 Å². The quantitative estimate of drug-likeness (QED) is 0.760. The number of nitrogens with zero attached hydrogens (tertiary/aromatic N) is 4. The average Bonchev–Trinajstić information content (AvgIpc) is 3.35. The lowest BCUT2D eigenvalue weighted by atomic mass is 9.85. The highest BCUT2D eigenvalue weighted by molar-refractivity contribution is 7.08. The molecule has 0 aromatic carbocycles. The van der Waals surface area contributed by atoms with Crippen LogP contribution in [0, 0.1) is 0 Å². The second kappa shape index (κ2) is 7.80. The van der Waals surface area contributed by atoms with E-state index in [2.05, 4.69) is 10.1 Å². The predicted molar refractivity (Wildman–Crippen MR) is 101 cm³/mol. The molecule has 4 rings (SSSR count). The van der Waals surface area contributed by atoms with Crippen LogP contribution in [0.5, 0.6) is 0 Å². The molecule has 2 aliphatic rings. The van der Waals surface area contributed by atoms with E-state index in [1.54, 1.807) is 6.92 Å². The van der Waals surface area contributed by atoms with E-state index in [0.29, 0.717) is 37.8 Å². The van der Waals surface area contributed by atoms with E-state index in [-0.39, 0.29) is 17.9 Å². The van der Waals surface area contributed by atoms with Gasteiger partial charge in [0, 0.05) is 44.3 Å². The van der Waals surface area contributed by atoms with Crippen molar-refractivity contribution in [3.8, 4) is 0 Å². The predicted octanol–water partition coefficient (Wildman–Crippen LogP) is 2.70. The number of aromatic nitrogens is 2. The van der Waals surface area contributed by atoms with Gasteiger partial charge in [-0.2, -0.15) is 16.3 Å². The highest BCUT2D eigenvalue weighted by atomic mass is 32.1. The molecule has 8 heteroatoms. The van der Waals surface area contributed by atoms with Crippen molar-refractivity contribution in [3.63, 3.8) is 0 Å². The van der Waals surface area contributed by atoms with Gasteiger partial charge in [-0.15, -0.1) is 0 Å². The van der Waals surface area contributed by atoms with Crippen LogP contribution >= 0.6 is 11.3 Å². The summed E-state index contributed by atoms with van der Waals surface area (Å²) in [5.74, 6) is 1.88. The van der Waals surface area contributed by atoms with Crippen LogP contribution in [-0.2, 0) is 11.2 Å². The van der Waals surface area contributed by atoms with Crippen molar-refractivity contribution in [2.24, 2.45) is 0 Å². The van der Waals surface area contributed by atoms with E-state index in [1.807, 2.05) is 26.6 Å². The maximum atomic E-state index is 12.5. The van der Waals surface area contributed by atoms with Crippen molar-refractivity contribution < 1.29 is 14.1 Å². The minimum absolute atomic E-state index is 0.0209. The molecule has 0 N–H and O–H groups in total. The van der Waals surface area contributed by atoms with Crippen LogP contribution in [0.15, 0.2) is 21.3 Å². The molecule has 0 bridgehead atoms. The molecule has 1 unspecified atom stereocenters. The molecule has 2 fully saturated rings. The molecule has 2 amide bonds. The minimum atomic E-state index is 0.0209. The highest BCUT2D eigenvalue weighted by Gasteiger charge is 2.32. The summed E-state index contributed by atoms with van der Waals surface area (Å²) < 4.78 is 5.36. The molecule has 7 nitrogen and oxygen atoms in total. The number of thiophene rings is 1. The molecular weight excluding hydrogens is 364 g/mol. The van der Waals surface area contributed by atoms with Gasteiger partial charge >= 0.3 is 0 Å². The molecule has 1 aliphatic heterocycles. The van der Waals surface area contributed by atoms with Crippen LogP contribution in [0.2, 0.25) is 0 Å². The molecule has 1 saturated carbocycles. The molecule has 144 valence electrons. The van der Waals surface area contributed by atoms with Crippen LogP contribution in [0.1, 0.15) is 60.6 Å². The van der Waals surface area contributed by atoms with Gasteiger partial charge in [0.2, 0.25) is 11.8 Å². The van der Waals surface area contributed by atoms with Crippen molar-refractivity contribution in [2.75, 3.05) is 19.6 Å². The Morgan fingerprint density at radius 3 is 2.89 bits per heavy atom. The molecule has 0 radical (unpaired) electrons. The second-order valence-electron chi connectivity index (χ2n) is 7.34. The van der Waals surface area contributed by atoms with Gasteiger partial charge in [0.15, 0.2) is 5.82 Å². The van der Waals surface area contributed by atoms with Gasteiger partial charge in [0.05, 0.1) is 11.6 Å². The first kappa shape index (κ1) is 18.2. The fraction of sp³-hybridized carbons (Fsp3) is 0.579. The third-order valence-electron chi connectivity index (χ3n) is 5.58. The van der Waals surface area contributed by atoms with Crippen LogP contribution in [-0.4, -0.2) is 57.4 Å². The number of likely N-dealkylation sites (tertiary alicyclic amines) is 1.